The normalized spacial score (nSPS) is 8.56. The van der Waals surface area contributed by atoms with E-state index in [2.05, 4.69) is 27.6 Å². The average molecular weight is 236 g/mol. The van der Waals surface area contributed by atoms with Crippen LogP contribution < -0.4 is 0 Å². The number of halogens is 2. The second-order valence-corrected chi connectivity index (χ2v) is 2.06. The SMILES string of the molecule is ClOCl.O=P(O)(O)O.[V]. The van der Waals surface area contributed by atoms with E-state index in [0.717, 1.165) is 0 Å². The summed E-state index contributed by atoms with van der Waals surface area (Å²) in [5.74, 6) is 0. The number of hydrogen-bond acceptors (Lipinski definition) is 2. The van der Waals surface area contributed by atoms with E-state index in [1.807, 2.05) is 0 Å². The van der Waals surface area contributed by atoms with Gasteiger partial charge in [0.1, 0.15) is 0 Å². The molecule has 57 valence electrons. The quantitative estimate of drug-likeness (QED) is 0.529. The third-order valence-corrected chi connectivity index (χ3v) is 0. The fraction of sp³-hybridized carbons (Fsp3) is 0. The fourth-order valence-electron chi connectivity index (χ4n) is 0. The molecule has 0 aliphatic carbocycles. The van der Waals surface area contributed by atoms with Crippen molar-refractivity contribution < 1.29 is 41.6 Å². The van der Waals surface area contributed by atoms with E-state index < -0.39 is 7.82 Å². The molecule has 9 heavy (non-hydrogen) atoms. The third kappa shape index (κ3) is 317. The van der Waals surface area contributed by atoms with Gasteiger partial charge in [0.2, 0.25) is 0 Å². The molecule has 0 spiro atoms. The molecule has 0 saturated heterocycles. The summed E-state index contributed by atoms with van der Waals surface area (Å²) in [6.07, 6.45) is 0. The molecule has 0 rings (SSSR count). The van der Waals surface area contributed by atoms with Crippen molar-refractivity contribution in [3.05, 3.63) is 0 Å². The molecule has 0 aliphatic heterocycles. The monoisotopic (exact) mass is 235 g/mol. The fourth-order valence-corrected chi connectivity index (χ4v) is 0. The Morgan fingerprint density at radius 3 is 1.22 bits per heavy atom. The Balaban J connectivity index is -0.0000000800. The predicted octanol–water partition coefficient (Wildman–Crippen LogP) is 0.380. The van der Waals surface area contributed by atoms with Gasteiger partial charge in [-0.05, 0) is 0 Å². The molecular weight excluding hydrogens is 233 g/mol. The van der Waals surface area contributed by atoms with Gasteiger partial charge in [-0.1, -0.05) is 0 Å². The number of rotatable bonds is 0. The Morgan fingerprint density at radius 2 is 1.22 bits per heavy atom. The second kappa shape index (κ2) is 9.23. The van der Waals surface area contributed by atoms with Crippen LogP contribution in [0.3, 0.4) is 0 Å². The minimum absolute atomic E-state index is 0. The first-order valence-corrected chi connectivity index (χ1v) is 3.27. The van der Waals surface area contributed by atoms with Gasteiger partial charge in [-0.15, -0.1) is 0 Å². The molecule has 3 N–H and O–H groups in total. The van der Waals surface area contributed by atoms with Crippen molar-refractivity contribution in [2.75, 3.05) is 0 Å². The van der Waals surface area contributed by atoms with Crippen molar-refractivity contribution in [3.8, 4) is 0 Å². The van der Waals surface area contributed by atoms with Crippen LogP contribution >= 0.6 is 31.6 Å². The van der Waals surface area contributed by atoms with Crippen LogP contribution in [0.1, 0.15) is 0 Å². The van der Waals surface area contributed by atoms with Crippen molar-refractivity contribution in [1.29, 1.82) is 0 Å². The maximum absolute atomic E-state index is 8.88. The third-order valence-electron chi connectivity index (χ3n) is 0. The first kappa shape index (κ1) is 16.7. The molecule has 0 atom stereocenters. The molecule has 0 aromatic heterocycles. The first-order valence-electron chi connectivity index (χ1n) is 1.09. The second-order valence-electron chi connectivity index (χ2n) is 0.572. The van der Waals surface area contributed by atoms with Gasteiger partial charge in [-0.3, -0.25) is 0 Å². The molecule has 0 aromatic rings. The van der Waals surface area contributed by atoms with Gasteiger partial charge >= 0.3 is 7.82 Å². The van der Waals surface area contributed by atoms with Crippen LogP contribution in [-0.2, 0) is 27.0 Å². The van der Waals surface area contributed by atoms with Crippen molar-refractivity contribution in [2.24, 2.45) is 0 Å². The van der Waals surface area contributed by atoms with Gasteiger partial charge in [0.25, 0.3) is 0 Å². The largest absolute Gasteiger partial charge is 0.466 e. The van der Waals surface area contributed by atoms with E-state index >= 15 is 0 Å². The molecule has 0 aromatic carbocycles. The minimum Gasteiger partial charge on any atom is -0.303 e. The minimum atomic E-state index is -4.64. The number of hydrogen-bond donors (Lipinski definition) is 3. The molecule has 0 saturated carbocycles. The molecule has 9 heteroatoms. The van der Waals surface area contributed by atoms with E-state index in [-0.39, 0.29) is 18.6 Å². The Kier molecular flexibility index (Phi) is 17.1. The van der Waals surface area contributed by atoms with E-state index in [9.17, 15) is 0 Å². The smallest absolute Gasteiger partial charge is 0.303 e. The molecule has 0 unspecified atom stereocenters. The van der Waals surface area contributed by atoms with Gasteiger partial charge < -0.3 is 14.7 Å². The van der Waals surface area contributed by atoms with Crippen molar-refractivity contribution in [1.82, 2.24) is 0 Å². The topological polar surface area (TPSA) is 87.0 Å². The zero-order valence-corrected chi connectivity index (χ0v) is 7.61. The maximum atomic E-state index is 8.88. The maximum Gasteiger partial charge on any atom is 0.466 e. The van der Waals surface area contributed by atoms with Gasteiger partial charge in [-0.25, -0.2) is 4.57 Å². The average Bonchev–Trinajstić information content (AvgIpc) is 1.27. The molecule has 0 amide bonds. The molecule has 1 radical (unpaired) electrons. The van der Waals surface area contributed by atoms with Crippen molar-refractivity contribution >= 4 is 31.6 Å². The van der Waals surface area contributed by atoms with Crippen molar-refractivity contribution in [2.45, 2.75) is 0 Å². The summed E-state index contributed by atoms with van der Waals surface area (Å²) >= 11 is 8.53. The summed E-state index contributed by atoms with van der Waals surface area (Å²) in [6.45, 7) is 0. The number of phosphoric acid groups is 1. The molecular formula is H3Cl2O5PV. The summed E-state index contributed by atoms with van der Waals surface area (Å²) in [5, 5.41) is 0. The van der Waals surface area contributed by atoms with Gasteiger partial charge in [0, 0.05) is 18.6 Å². The first-order chi connectivity index (χ1) is 3.41. The van der Waals surface area contributed by atoms with Crippen LogP contribution in [0.15, 0.2) is 0 Å². The zero-order chi connectivity index (χ0) is 7.21. The van der Waals surface area contributed by atoms with Crippen molar-refractivity contribution in [3.63, 3.8) is 0 Å². The van der Waals surface area contributed by atoms with Gasteiger partial charge in [-0.2, -0.15) is 3.84 Å². The predicted molar refractivity (Wildman–Crippen MR) is 27.1 cm³/mol. The summed E-state index contributed by atoms with van der Waals surface area (Å²) in [6, 6.07) is 0. The molecule has 0 fully saturated rings. The molecule has 0 bridgehead atoms. The van der Waals surface area contributed by atoms with Crippen LogP contribution in [0.5, 0.6) is 0 Å². The van der Waals surface area contributed by atoms with Crippen LogP contribution in [-0.4, -0.2) is 14.7 Å². The standard InChI is InChI=1S/Cl2O.H3O4P.V/c1-3-2;1-5(2,3)4;/h;(H3,1,2,3,4);. The summed E-state index contributed by atoms with van der Waals surface area (Å²) in [5.41, 5.74) is 0. The van der Waals surface area contributed by atoms with Gasteiger partial charge in [0.15, 0.2) is 0 Å². The molecule has 0 heterocycles. The van der Waals surface area contributed by atoms with E-state index in [0.29, 0.717) is 0 Å². The Bertz CT molecular complexity index is 70.8. The van der Waals surface area contributed by atoms with Crippen LogP contribution in [0.25, 0.3) is 0 Å². The Morgan fingerprint density at radius 1 is 1.22 bits per heavy atom. The van der Waals surface area contributed by atoms with Crippen LogP contribution in [0, 0.1) is 0 Å². The summed E-state index contributed by atoms with van der Waals surface area (Å²) < 4.78 is 12.1. The zero-order valence-electron chi connectivity index (χ0n) is 3.81. The van der Waals surface area contributed by atoms with E-state index in [1.165, 1.54) is 0 Å². The van der Waals surface area contributed by atoms with E-state index in [1.54, 1.807) is 0 Å². The molecule has 0 aliphatic rings. The summed E-state index contributed by atoms with van der Waals surface area (Å²) in [7, 11) is -4.64. The molecule has 5 nitrogen and oxygen atoms in total. The van der Waals surface area contributed by atoms with Crippen LogP contribution in [0.4, 0.5) is 0 Å². The Labute approximate surface area is 73.4 Å². The van der Waals surface area contributed by atoms with E-state index in [4.69, 9.17) is 19.2 Å². The Hall–Kier alpha value is 1.23. The van der Waals surface area contributed by atoms with Gasteiger partial charge in [0.05, 0.1) is 23.7 Å². The summed E-state index contributed by atoms with van der Waals surface area (Å²) in [4.78, 5) is 21.6. The van der Waals surface area contributed by atoms with Crippen LogP contribution in [0.2, 0.25) is 0 Å².